The minimum Gasteiger partial charge on any atom is -0.379 e. The largest absolute Gasteiger partial charge is 0.379 e. The van der Waals surface area contributed by atoms with Crippen LogP contribution < -0.4 is 10.6 Å². The van der Waals surface area contributed by atoms with Crippen molar-refractivity contribution >= 4 is 5.91 Å². The van der Waals surface area contributed by atoms with Gasteiger partial charge in [0.05, 0.1) is 19.8 Å². The van der Waals surface area contributed by atoms with Crippen LogP contribution in [-0.2, 0) is 22.6 Å². The Morgan fingerprint density at radius 2 is 2.00 bits per heavy atom. The summed E-state index contributed by atoms with van der Waals surface area (Å²) in [6.45, 7) is 6.58. The van der Waals surface area contributed by atoms with Crippen molar-refractivity contribution in [3.8, 4) is 0 Å². The monoisotopic (exact) mass is 317 g/mol. The van der Waals surface area contributed by atoms with E-state index >= 15 is 0 Å². The number of carbonyl (C=O) groups is 1. The van der Waals surface area contributed by atoms with Gasteiger partial charge in [0, 0.05) is 26.2 Å². The molecule has 0 bridgehead atoms. The van der Waals surface area contributed by atoms with Gasteiger partial charge in [0.1, 0.15) is 0 Å². The Balaban J connectivity index is 1.40. The highest BCUT2D eigenvalue weighted by Crippen LogP contribution is 2.27. The smallest absolute Gasteiger partial charge is 0.234 e. The molecule has 1 amide bonds. The molecule has 3 rings (SSSR count). The van der Waals surface area contributed by atoms with E-state index in [1.807, 2.05) is 0 Å². The zero-order chi connectivity index (χ0) is 15.9. The van der Waals surface area contributed by atoms with Gasteiger partial charge in [-0.3, -0.25) is 9.69 Å². The topological polar surface area (TPSA) is 53.6 Å². The molecule has 0 unspecified atom stereocenters. The first kappa shape index (κ1) is 16.4. The van der Waals surface area contributed by atoms with E-state index in [1.165, 1.54) is 18.4 Å². The summed E-state index contributed by atoms with van der Waals surface area (Å²) in [4.78, 5) is 14.2. The highest BCUT2D eigenvalue weighted by molar-refractivity contribution is 5.77. The number of nitrogens with one attached hydrogen (secondary N) is 2. The quantitative estimate of drug-likeness (QED) is 0.755. The van der Waals surface area contributed by atoms with E-state index in [0.29, 0.717) is 13.1 Å². The highest BCUT2D eigenvalue weighted by atomic mass is 16.5. The molecule has 1 aromatic rings. The second kappa shape index (κ2) is 8.43. The molecular formula is C18H27N3O2. The van der Waals surface area contributed by atoms with Crippen LogP contribution in [0.4, 0.5) is 0 Å². The van der Waals surface area contributed by atoms with Crippen LogP contribution in [0.5, 0.6) is 0 Å². The van der Waals surface area contributed by atoms with E-state index in [0.717, 1.165) is 50.9 Å². The molecule has 0 aromatic heterocycles. The first-order chi connectivity index (χ1) is 11.3. The molecule has 126 valence electrons. The van der Waals surface area contributed by atoms with Crippen LogP contribution >= 0.6 is 0 Å². The van der Waals surface area contributed by atoms with Crippen molar-refractivity contribution in [1.82, 2.24) is 15.5 Å². The van der Waals surface area contributed by atoms with Gasteiger partial charge in [0.2, 0.25) is 5.91 Å². The van der Waals surface area contributed by atoms with Crippen LogP contribution in [-0.4, -0.2) is 50.2 Å². The lowest BCUT2D eigenvalue weighted by molar-refractivity contribution is -0.120. The zero-order valence-corrected chi connectivity index (χ0v) is 13.7. The normalized spacial score (nSPS) is 18.8. The van der Waals surface area contributed by atoms with Gasteiger partial charge >= 0.3 is 0 Å². The Hall–Kier alpha value is -1.43. The number of ether oxygens (including phenoxy) is 1. The number of amides is 1. The minimum absolute atomic E-state index is 0.0734. The number of benzene rings is 1. The summed E-state index contributed by atoms with van der Waals surface area (Å²) in [5, 5.41) is 6.21. The van der Waals surface area contributed by atoms with Crippen molar-refractivity contribution < 1.29 is 9.53 Å². The molecular weight excluding hydrogens is 290 g/mol. The summed E-state index contributed by atoms with van der Waals surface area (Å²) in [6.07, 6.45) is 2.62. The van der Waals surface area contributed by atoms with Crippen LogP contribution in [0.25, 0.3) is 0 Å². The van der Waals surface area contributed by atoms with E-state index in [2.05, 4.69) is 39.8 Å². The maximum Gasteiger partial charge on any atom is 0.234 e. The Morgan fingerprint density at radius 1 is 1.22 bits per heavy atom. The number of hydrogen-bond acceptors (Lipinski definition) is 4. The molecule has 5 nitrogen and oxygen atoms in total. The molecule has 5 heteroatoms. The molecule has 2 aliphatic rings. The van der Waals surface area contributed by atoms with Crippen LogP contribution in [0.3, 0.4) is 0 Å². The van der Waals surface area contributed by atoms with Gasteiger partial charge in [-0.2, -0.15) is 0 Å². The third kappa shape index (κ3) is 5.94. The second-order valence-corrected chi connectivity index (χ2v) is 6.56. The zero-order valence-electron chi connectivity index (χ0n) is 13.7. The maximum absolute atomic E-state index is 11.8. The molecule has 1 aromatic carbocycles. The average molecular weight is 317 g/mol. The third-order valence-corrected chi connectivity index (χ3v) is 4.41. The summed E-state index contributed by atoms with van der Waals surface area (Å²) < 4.78 is 5.38. The summed E-state index contributed by atoms with van der Waals surface area (Å²) in [6, 6.07) is 8.48. The summed E-state index contributed by atoms with van der Waals surface area (Å²) in [7, 11) is 0. The van der Waals surface area contributed by atoms with Crippen LogP contribution in [0, 0.1) is 5.92 Å². The maximum atomic E-state index is 11.8. The molecule has 2 fully saturated rings. The Labute approximate surface area is 138 Å². The van der Waals surface area contributed by atoms with Crippen LogP contribution in [0.2, 0.25) is 0 Å². The number of carbonyl (C=O) groups excluding carboxylic acids is 1. The van der Waals surface area contributed by atoms with Gasteiger partial charge < -0.3 is 15.4 Å². The van der Waals surface area contributed by atoms with E-state index < -0.39 is 0 Å². The van der Waals surface area contributed by atoms with Gasteiger partial charge in [-0.15, -0.1) is 0 Å². The van der Waals surface area contributed by atoms with Gasteiger partial charge in [0.25, 0.3) is 0 Å². The standard InChI is InChI=1S/C18H27N3O2/c22-18(13-19-11-15-4-5-15)20-12-16-2-1-3-17(10-16)14-21-6-8-23-9-7-21/h1-3,10,15,19H,4-9,11-14H2,(H,20,22). The van der Waals surface area contributed by atoms with Gasteiger partial charge in [-0.25, -0.2) is 0 Å². The third-order valence-electron chi connectivity index (χ3n) is 4.41. The van der Waals surface area contributed by atoms with Crippen LogP contribution in [0.1, 0.15) is 24.0 Å². The molecule has 23 heavy (non-hydrogen) atoms. The van der Waals surface area contributed by atoms with E-state index in [-0.39, 0.29) is 5.91 Å². The molecule has 0 radical (unpaired) electrons. The second-order valence-electron chi connectivity index (χ2n) is 6.56. The molecule has 0 atom stereocenters. The van der Waals surface area contributed by atoms with E-state index in [1.54, 1.807) is 0 Å². The lowest BCUT2D eigenvalue weighted by atomic mass is 10.1. The molecule has 2 N–H and O–H groups in total. The van der Waals surface area contributed by atoms with Crippen molar-refractivity contribution in [2.24, 2.45) is 5.92 Å². The van der Waals surface area contributed by atoms with E-state index in [9.17, 15) is 4.79 Å². The molecule has 1 saturated carbocycles. The number of nitrogens with zero attached hydrogens (tertiary/aromatic N) is 1. The van der Waals surface area contributed by atoms with Crippen molar-refractivity contribution in [1.29, 1.82) is 0 Å². The molecule has 0 spiro atoms. The lowest BCUT2D eigenvalue weighted by Crippen LogP contribution is -2.35. The van der Waals surface area contributed by atoms with Gasteiger partial charge in [-0.1, -0.05) is 24.3 Å². The fourth-order valence-corrected chi connectivity index (χ4v) is 2.83. The van der Waals surface area contributed by atoms with Crippen molar-refractivity contribution in [3.05, 3.63) is 35.4 Å². The Bertz CT molecular complexity index is 511. The Kier molecular flexibility index (Phi) is 6.02. The lowest BCUT2D eigenvalue weighted by Gasteiger charge is -2.26. The average Bonchev–Trinajstić information content (AvgIpc) is 3.39. The minimum atomic E-state index is 0.0734. The van der Waals surface area contributed by atoms with Crippen molar-refractivity contribution in [2.45, 2.75) is 25.9 Å². The first-order valence-corrected chi connectivity index (χ1v) is 8.65. The molecule has 1 aliphatic heterocycles. The van der Waals surface area contributed by atoms with Crippen LogP contribution in [0.15, 0.2) is 24.3 Å². The summed E-state index contributed by atoms with van der Waals surface area (Å²) in [5.74, 6) is 0.879. The van der Waals surface area contributed by atoms with E-state index in [4.69, 9.17) is 4.74 Å². The first-order valence-electron chi connectivity index (χ1n) is 8.65. The number of hydrogen-bond donors (Lipinski definition) is 2. The molecule has 1 saturated heterocycles. The molecule has 1 aliphatic carbocycles. The van der Waals surface area contributed by atoms with Gasteiger partial charge in [0.15, 0.2) is 0 Å². The predicted octanol–water partition coefficient (Wildman–Crippen LogP) is 1.13. The Morgan fingerprint density at radius 3 is 2.78 bits per heavy atom. The predicted molar refractivity (Wildman–Crippen MR) is 90.0 cm³/mol. The van der Waals surface area contributed by atoms with Gasteiger partial charge in [-0.05, 0) is 36.4 Å². The summed E-state index contributed by atoms with van der Waals surface area (Å²) in [5.41, 5.74) is 2.46. The summed E-state index contributed by atoms with van der Waals surface area (Å²) >= 11 is 0. The van der Waals surface area contributed by atoms with Crippen molar-refractivity contribution in [2.75, 3.05) is 39.4 Å². The number of rotatable bonds is 8. The van der Waals surface area contributed by atoms with Crippen molar-refractivity contribution in [3.63, 3.8) is 0 Å². The molecule has 1 heterocycles. The fraction of sp³-hybridized carbons (Fsp3) is 0.611. The number of morpholine rings is 1. The fourth-order valence-electron chi connectivity index (χ4n) is 2.83. The highest BCUT2D eigenvalue weighted by Gasteiger charge is 2.20. The SMILES string of the molecule is O=C(CNCC1CC1)NCc1cccc(CN2CCOCC2)c1.